The predicted octanol–water partition coefficient (Wildman–Crippen LogP) is 1.29. The molecule has 0 saturated carbocycles. The van der Waals surface area contributed by atoms with Crippen LogP contribution >= 0.6 is 11.6 Å². The minimum absolute atomic E-state index is 0.0857. The Balaban J connectivity index is 2.13. The summed E-state index contributed by atoms with van der Waals surface area (Å²) in [7, 11) is 0. The van der Waals surface area contributed by atoms with E-state index in [-0.39, 0.29) is 17.7 Å². The number of hydrogen-bond acceptors (Lipinski definition) is 3. The zero-order valence-corrected chi connectivity index (χ0v) is 9.81. The second-order valence-electron chi connectivity index (χ2n) is 4.23. The van der Waals surface area contributed by atoms with Crippen molar-refractivity contribution in [3.8, 4) is 0 Å². The van der Waals surface area contributed by atoms with E-state index < -0.39 is 0 Å². The molecule has 0 unspecified atom stereocenters. The highest BCUT2D eigenvalue weighted by atomic mass is 35.5. The van der Waals surface area contributed by atoms with Crippen molar-refractivity contribution < 1.29 is 4.79 Å². The van der Waals surface area contributed by atoms with Gasteiger partial charge >= 0.3 is 0 Å². The van der Waals surface area contributed by atoms with Crippen LogP contribution in [-0.2, 0) is 4.79 Å². The highest BCUT2D eigenvalue weighted by Gasteiger charge is 2.33. The number of hydrogen-bond donors (Lipinski definition) is 1. The number of pyridine rings is 1. The fourth-order valence-corrected chi connectivity index (χ4v) is 2.19. The topological polar surface area (TPSA) is 59.2 Å². The fourth-order valence-electron chi connectivity index (χ4n) is 2.08. The molecule has 4 nitrogen and oxygen atoms in total. The third-order valence-corrected chi connectivity index (χ3v) is 3.24. The van der Waals surface area contributed by atoms with Crippen LogP contribution < -0.4 is 10.6 Å². The van der Waals surface area contributed by atoms with E-state index in [1.54, 1.807) is 12.3 Å². The van der Waals surface area contributed by atoms with Gasteiger partial charge < -0.3 is 10.6 Å². The maximum atomic E-state index is 11.2. The lowest BCUT2D eigenvalue weighted by Gasteiger charge is -2.16. The third kappa shape index (κ3) is 2.11. The summed E-state index contributed by atoms with van der Waals surface area (Å²) >= 11 is 5.77. The van der Waals surface area contributed by atoms with Crippen LogP contribution in [0.25, 0.3) is 0 Å². The highest BCUT2D eigenvalue weighted by Crippen LogP contribution is 2.26. The summed E-state index contributed by atoms with van der Waals surface area (Å²) in [6.07, 6.45) is 1.61. The SMILES string of the molecule is C[C@@H]1CN(c2ccc(Cl)cn2)C[C@H]1C(N)=O. The van der Waals surface area contributed by atoms with E-state index in [9.17, 15) is 4.79 Å². The first-order chi connectivity index (χ1) is 7.58. The number of carbonyl (C=O) groups excluding carboxylic acids is 1. The second-order valence-corrected chi connectivity index (χ2v) is 4.66. The molecule has 2 N–H and O–H groups in total. The van der Waals surface area contributed by atoms with Crippen molar-refractivity contribution in [2.75, 3.05) is 18.0 Å². The zero-order chi connectivity index (χ0) is 11.7. The van der Waals surface area contributed by atoms with E-state index >= 15 is 0 Å². The van der Waals surface area contributed by atoms with Gasteiger partial charge in [-0.05, 0) is 18.1 Å². The number of anilines is 1. The molecule has 16 heavy (non-hydrogen) atoms. The molecular formula is C11H14ClN3O. The molecule has 2 heterocycles. The molecule has 1 amide bonds. The Kier molecular flexibility index (Phi) is 3.01. The maximum Gasteiger partial charge on any atom is 0.222 e. The number of nitrogens with zero attached hydrogens (tertiary/aromatic N) is 2. The van der Waals surface area contributed by atoms with Gasteiger partial charge in [-0.1, -0.05) is 18.5 Å². The lowest BCUT2D eigenvalue weighted by Crippen LogP contribution is -2.29. The molecule has 1 saturated heterocycles. The summed E-state index contributed by atoms with van der Waals surface area (Å²) in [5, 5.41) is 0.613. The van der Waals surface area contributed by atoms with E-state index in [4.69, 9.17) is 17.3 Å². The first kappa shape index (κ1) is 11.2. The molecule has 0 aromatic carbocycles. The zero-order valence-electron chi connectivity index (χ0n) is 9.06. The van der Waals surface area contributed by atoms with Crippen LogP contribution in [0.4, 0.5) is 5.82 Å². The largest absolute Gasteiger partial charge is 0.369 e. The average Bonchev–Trinajstić information content (AvgIpc) is 2.61. The van der Waals surface area contributed by atoms with Crippen molar-refractivity contribution in [2.24, 2.45) is 17.6 Å². The Hall–Kier alpha value is -1.29. The van der Waals surface area contributed by atoms with Crippen molar-refractivity contribution >= 4 is 23.3 Å². The second kappa shape index (κ2) is 4.29. The summed E-state index contributed by atoms with van der Waals surface area (Å²) < 4.78 is 0. The smallest absolute Gasteiger partial charge is 0.222 e. The van der Waals surface area contributed by atoms with Crippen LogP contribution in [-0.4, -0.2) is 24.0 Å². The van der Waals surface area contributed by atoms with Gasteiger partial charge in [-0.2, -0.15) is 0 Å². The van der Waals surface area contributed by atoms with E-state index in [2.05, 4.69) is 9.88 Å². The van der Waals surface area contributed by atoms with Gasteiger partial charge in [0.15, 0.2) is 0 Å². The van der Waals surface area contributed by atoms with Crippen LogP contribution in [0.3, 0.4) is 0 Å². The van der Waals surface area contributed by atoms with Crippen molar-refractivity contribution in [1.29, 1.82) is 0 Å². The van der Waals surface area contributed by atoms with Crippen LogP contribution in [0, 0.1) is 11.8 Å². The van der Waals surface area contributed by atoms with Gasteiger partial charge in [0, 0.05) is 19.3 Å². The van der Waals surface area contributed by atoms with Gasteiger partial charge in [-0.3, -0.25) is 4.79 Å². The van der Waals surface area contributed by atoms with Crippen molar-refractivity contribution in [1.82, 2.24) is 4.98 Å². The number of amides is 1. The monoisotopic (exact) mass is 239 g/mol. The molecule has 1 aliphatic rings. The van der Waals surface area contributed by atoms with Gasteiger partial charge in [-0.25, -0.2) is 4.98 Å². The average molecular weight is 240 g/mol. The molecule has 0 aliphatic carbocycles. The number of primary amides is 1. The normalized spacial score (nSPS) is 24.8. The lowest BCUT2D eigenvalue weighted by atomic mass is 9.98. The Morgan fingerprint density at radius 2 is 2.31 bits per heavy atom. The first-order valence-corrected chi connectivity index (χ1v) is 5.61. The summed E-state index contributed by atoms with van der Waals surface area (Å²) in [4.78, 5) is 17.5. The van der Waals surface area contributed by atoms with E-state index in [0.29, 0.717) is 11.6 Å². The molecule has 0 bridgehead atoms. The lowest BCUT2D eigenvalue weighted by molar-refractivity contribution is -0.122. The molecular weight excluding hydrogens is 226 g/mol. The number of halogens is 1. The number of carbonyl (C=O) groups is 1. The Morgan fingerprint density at radius 1 is 1.56 bits per heavy atom. The predicted molar refractivity (Wildman–Crippen MR) is 63.3 cm³/mol. The number of aromatic nitrogens is 1. The van der Waals surface area contributed by atoms with Crippen LogP contribution in [0.1, 0.15) is 6.92 Å². The van der Waals surface area contributed by atoms with Gasteiger partial charge in [0.25, 0.3) is 0 Å². The molecule has 2 atom stereocenters. The van der Waals surface area contributed by atoms with Crippen molar-refractivity contribution in [3.63, 3.8) is 0 Å². The minimum Gasteiger partial charge on any atom is -0.369 e. The van der Waals surface area contributed by atoms with Gasteiger partial charge in [0.05, 0.1) is 10.9 Å². The highest BCUT2D eigenvalue weighted by molar-refractivity contribution is 6.30. The standard InChI is InChI=1S/C11H14ClN3O/c1-7-5-15(6-9(7)11(13)16)10-3-2-8(12)4-14-10/h2-4,7,9H,5-6H2,1H3,(H2,13,16)/t7-,9-/m1/s1. The minimum atomic E-state index is -0.232. The summed E-state index contributed by atoms with van der Waals surface area (Å²) in [6, 6.07) is 3.66. The molecule has 0 spiro atoms. The van der Waals surface area contributed by atoms with Crippen LogP contribution in [0.5, 0.6) is 0 Å². The Bertz CT molecular complexity index is 393. The Morgan fingerprint density at radius 3 is 2.81 bits per heavy atom. The van der Waals surface area contributed by atoms with Crippen LogP contribution in [0.2, 0.25) is 5.02 Å². The van der Waals surface area contributed by atoms with Gasteiger partial charge in [-0.15, -0.1) is 0 Å². The molecule has 1 aliphatic heterocycles. The van der Waals surface area contributed by atoms with E-state index in [1.807, 2.05) is 13.0 Å². The van der Waals surface area contributed by atoms with Gasteiger partial charge in [0.2, 0.25) is 5.91 Å². The fraction of sp³-hybridized carbons (Fsp3) is 0.455. The molecule has 5 heteroatoms. The van der Waals surface area contributed by atoms with E-state index in [0.717, 1.165) is 12.4 Å². The van der Waals surface area contributed by atoms with Gasteiger partial charge in [0.1, 0.15) is 5.82 Å². The molecule has 0 radical (unpaired) electrons. The number of nitrogens with two attached hydrogens (primary N) is 1. The summed E-state index contributed by atoms with van der Waals surface area (Å²) in [5.41, 5.74) is 5.35. The first-order valence-electron chi connectivity index (χ1n) is 5.23. The third-order valence-electron chi connectivity index (χ3n) is 3.01. The summed E-state index contributed by atoms with van der Waals surface area (Å²) in [5.74, 6) is 0.802. The number of rotatable bonds is 2. The van der Waals surface area contributed by atoms with E-state index in [1.165, 1.54) is 0 Å². The molecule has 2 rings (SSSR count). The molecule has 86 valence electrons. The maximum absolute atomic E-state index is 11.2. The molecule has 1 aromatic rings. The van der Waals surface area contributed by atoms with Crippen molar-refractivity contribution in [3.05, 3.63) is 23.4 Å². The van der Waals surface area contributed by atoms with Crippen molar-refractivity contribution in [2.45, 2.75) is 6.92 Å². The molecule has 1 fully saturated rings. The molecule has 1 aromatic heterocycles. The Labute approximate surface area is 99.4 Å². The summed E-state index contributed by atoms with van der Waals surface area (Å²) in [6.45, 7) is 3.48. The quantitative estimate of drug-likeness (QED) is 0.846. The van der Waals surface area contributed by atoms with Crippen LogP contribution in [0.15, 0.2) is 18.3 Å².